The van der Waals surface area contributed by atoms with E-state index in [1.165, 1.54) is 11.1 Å². The van der Waals surface area contributed by atoms with Crippen LogP contribution in [0.2, 0.25) is 0 Å². The maximum Gasteiger partial charge on any atom is 0.269 e. The van der Waals surface area contributed by atoms with Crippen molar-refractivity contribution in [3.8, 4) is 0 Å². The topological polar surface area (TPSA) is 53.9 Å². The van der Waals surface area contributed by atoms with E-state index in [0.29, 0.717) is 24.6 Å². The van der Waals surface area contributed by atoms with E-state index in [2.05, 4.69) is 60.4 Å². The number of carbonyl (C=O) groups is 1. The predicted molar refractivity (Wildman–Crippen MR) is 94.8 cm³/mol. The molecule has 1 aromatic carbocycles. The molecule has 0 aliphatic carbocycles. The number of likely N-dealkylation sites (tertiary alicyclic amines) is 1. The van der Waals surface area contributed by atoms with E-state index in [9.17, 15) is 4.79 Å². The summed E-state index contributed by atoms with van der Waals surface area (Å²) >= 11 is 0. The third kappa shape index (κ3) is 3.96. The van der Waals surface area contributed by atoms with Crippen molar-refractivity contribution in [1.29, 1.82) is 0 Å². The van der Waals surface area contributed by atoms with E-state index in [4.69, 9.17) is 4.84 Å². The van der Waals surface area contributed by atoms with Gasteiger partial charge in [0.25, 0.3) is 5.91 Å². The average Bonchev–Trinajstić information content (AvgIpc) is 3.12. The van der Waals surface area contributed by atoms with Crippen LogP contribution in [-0.2, 0) is 16.2 Å². The maximum absolute atomic E-state index is 12.2. The zero-order valence-electron chi connectivity index (χ0n) is 14.8. The van der Waals surface area contributed by atoms with Crippen molar-refractivity contribution >= 4 is 11.6 Å². The second-order valence-corrected chi connectivity index (χ2v) is 7.54. The highest BCUT2D eigenvalue weighted by molar-refractivity contribution is 6.39. The van der Waals surface area contributed by atoms with Gasteiger partial charge in [-0.1, -0.05) is 48.8 Å². The lowest BCUT2D eigenvalue weighted by Gasteiger charge is -2.21. The van der Waals surface area contributed by atoms with Gasteiger partial charge in [-0.15, -0.1) is 0 Å². The summed E-state index contributed by atoms with van der Waals surface area (Å²) in [5, 5.41) is 7.01. The van der Waals surface area contributed by atoms with Crippen molar-refractivity contribution in [2.45, 2.75) is 45.8 Å². The van der Waals surface area contributed by atoms with E-state index in [1.807, 2.05) is 0 Å². The normalized spacial score (nSPS) is 23.6. The van der Waals surface area contributed by atoms with Crippen molar-refractivity contribution < 1.29 is 9.63 Å². The first-order valence-corrected chi connectivity index (χ1v) is 8.77. The Bertz CT molecular complexity index is 641. The SMILES string of the molecule is Cc1cccc(CN2CC[C@@]3(CC(C(=O)NCC(C)C)=NO3)C2)c1. The van der Waals surface area contributed by atoms with Crippen LogP contribution in [0.15, 0.2) is 29.4 Å². The minimum Gasteiger partial charge on any atom is -0.387 e. The summed E-state index contributed by atoms with van der Waals surface area (Å²) in [6, 6.07) is 8.60. The molecule has 1 saturated heterocycles. The van der Waals surface area contributed by atoms with Gasteiger partial charge in [0.1, 0.15) is 5.71 Å². The van der Waals surface area contributed by atoms with Crippen LogP contribution in [-0.4, -0.2) is 41.8 Å². The zero-order chi connectivity index (χ0) is 17.2. The molecular formula is C19H27N3O2. The van der Waals surface area contributed by atoms with Crippen LogP contribution in [0.1, 0.15) is 37.8 Å². The lowest BCUT2D eigenvalue weighted by atomic mass is 9.96. The number of aryl methyl sites for hydroxylation is 1. The summed E-state index contributed by atoms with van der Waals surface area (Å²) < 4.78 is 0. The van der Waals surface area contributed by atoms with E-state index in [0.717, 1.165) is 26.1 Å². The van der Waals surface area contributed by atoms with Gasteiger partial charge < -0.3 is 10.2 Å². The molecule has 2 aliphatic rings. The molecule has 5 nitrogen and oxygen atoms in total. The molecule has 0 bridgehead atoms. The third-order valence-electron chi connectivity index (χ3n) is 4.66. The van der Waals surface area contributed by atoms with Crippen LogP contribution in [0, 0.1) is 12.8 Å². The molecular weight excluding hydrogens is 302 g/mol. The molecule has 0 saturated carbocycles. The number of carbonyl (C=O) groups excluding carboxylic acids is 1. The lowest BCUT2D eigenvalue weighted by Crippen LogP contribution is -2.37. The summed E-state index contributed by atoms with van der Waals surface area (Å²) in [5.74, 6) is 0.347. The number of rotatable bonds is 5. The smallest absolute Gasteiger partial charge is 0.269 e. The first kappa shape index (κ1) is 17.0. The van der Waals surface area contributed by atoms with Gasteiger partial charge in [0.05, 0.1) is 0 Å². The van der Waals surface area contributed by atoms with Gasteiger partial charge in [0.15, 0.2) is 5.60 Å². The van der Waals surface area contributed by atoms with Crippen molar-refractivity contribution in [3.63, 3.8) is 0 Å². The highest BCUT2D eigenvalue weighted by Gasteiger charge is 2.46. The molecule has 130 valence electrons. The summed E-state index contributed by atoms with van der Waals surface area (Å²) in [7, 11) is 0. The van der Waals surface area contributed by atoms with Gasteiger partial charge in [-0.05, 0) is 18.4 Å². The van der Waals surface area contributed by atoms with Crippen molar-refractivity contribution in [2.75, 3.05) is 19.6 Å². The van der Waals surface area contributed by atoms with Gasteiger partial charge in [-0.2, -0.15) is 0 Å². The molecule has 0 unspecified atom stereocenters. The molecule has 0 aromatic heterocycles. The van der Waals surface area contributed by atoms with Gasteiger partial charge in [-0.3, -0.25) is 9.69 Å². The largest absolute Gasteiger partial charge is 0.387 e. The van der Waals surface area contributed by atoms with Gasteiger partial charge in [-0.25, -0.2) is 0 Å². The Morgan fingerprint density at radius 3 is 3.04 bits per heavy atom. The van der Waals surface area contributed by atoms with E-state index >= 15 is 0 Å². The number of hydrogen-bond donors (Lipinski definition) is 1. The van der Waals surface area contributed by atoms with Gasteiger partial charge >= 0.3 is 0 Å². The van der Waals surface area contributed by atoms with Crippen molar-refractivity contribution in [2.24, 2.45) is 11.1 Å². The molecule has 1 spiro atoms. The van der Waals surface area contributed by atoms with Crippen LogP contribution in [0.3, 0.4) is 0 Å². The minimum absolute atomic E-state index is 0.0855. The number of oxime groups is 1. The minimum atomic E-state index is -0.311. The summed E-state index contributed by atoms with van der Waals surface area (Å²) in [4.78, 5) is 20.3. The molecule has 2 aliphatic heterocycles. The highest BCUT2D eigenvalue weighted by Crippen LogP contribution is 2.34. The highest BCUT2D eigenvalue weighted by atomic mass is 16.7. The second kappa shape index (κ2) is 6.93. The fourth-order valence-electron chi connectivity index (χ4n) is 3.39. The number of nitrogens with zero attached hydrogens (tertiary/aromatic N) is 2. The second-order valence-electron chi connectivity index (χ2n) is 7.54. The molecule has 1 atom stereocenters. The fraction of sp³-hybridized carbons (Fsp3) is 0.579. The number of amides is 1. The molecule has 1 aromatic rings. The first-order valence-electron chi connectivity index (χ1n) is 8.77. The molecule has 24 heavy (non-hydrogen) atoms. The number of nitrogens with one attached hydrogen (secondary N) is 1. The standard InChI is InChI=1S/C19H27N3O2/c1-14(2)11-20-18(23)17-10-19(24-21-17)7-8-22(13-19)12-16-6-4-5-15(3)9-16/h4-6,9,14H,7-8,10-13H2,1-3H3,(H,20,23)/t19-/m1/s1. The molecule has 2 heterocycles. The molecule has 1 amide bonds. The summed E-state index contributed by atoms with van der Waals surface area (Å²) in [6.45, 7) is 9.66. The summed E-state index contributed by atoms with van der Waals surface area (Å²) in [5.41, 5.74) is 2.83. The Morgan fingerprint density at radius 1 is 1.46 bits per heavy atom. The lowest BCUT2D eigenvalue weighted by molar-refractivity contribution is -0.115. The molecule has 1 N–H and O–H groups in total. The Hall–Kier alpha value is -1.88. The average molecular weight is 329 g/mol. The van der Waals surface area contributed by atoms with E-state index < -0.39 is 0 Å². The molecule has 3 rings (SSSR count). The van der Waals surface area contributed by atoms with E-state index in [1.54, 1.807) is 0 Å². The first-order chi connectivity index (χ1) is 11.5. The maximum atomic E-state index is 12.2. The van der Waals surface area contributed by atoms with Crippen LogP contribution in [0.5, 0.6) is 0 Å². The van der Waals surface area contributed by atoms with Crippen LogP contribution >= 0.6 is 0 Å². The van der Waals surface area contributed by atoms with E-state index in [-0.39, 0.29) is 11.5 Å². The van der Waals surface area contributed by atoms with Gasteiger partial charge in [0.2, 0.25) is 0 Å². The Morgan fingerprint density at radius 2 is 2.29 bits per heavy atom. The van der Waals surface area contributed by atoms with Crippen LogP contribution < -0.4 is 5.32 Å². The number of hydrogen-bond acceptors (Lipinski definition) is 4. The Balaban J connectivity index is 1.53. The summed E-state index contributed by atoms with van der Waals surface area (Å²) in [6.07, 6.45) is 1.53. The monoisotopic (exact) mass is 329 g/mol. The molecule has 0 radical (unpaired) electrons. The Kier molecular flexibility index (Phi) is 4.90. The molecule has 5 heteroatoms. The third-order valence-corrected chi connectivity index (χ3v) is 4.66. The number of benzene rings is 1. The van der Waals surface area contributed by atoms with Gasteiger partial charge in [0, 0.05) is 39.0 Å². The Labute approximate surface area is 144 Å². The predicted octanol–water partition coefficient (Wildman–Crippen LogP) is 2.49. The molecule has 1 fully saturated rings. The fourth-order valence-corrected chi connectivity index (χ4v) is 3.39. The van der Waals surface area contributed by atoms with Crippen molar-refractivity contribution in [1.82, 2.24) is 10.2 Å². The van der Waals surface area contributed by atoms with Crippen LogP contribution in [0.4, 0.5) is 0 Å². The van der Waals surface area contributed by atoms with Crippen LogP contribution in [0.25, 0.3) is 0 Å². The quantitative estimate of drug-likeness (QED) is 0.903. The van der Waals surface area contributed by atoms with Crippen molar-refractivity contribution in [3.05, 3.63) is 35.4 Å². The zero-order valence-corrected chi connectivity index (χ0v) is 14.8.